The Hall–Kier alpha value is -1.95. The Morgan fingerprint density at radius 1 is 1.38 bits per heavy atom. The van der Waals surface area contributed by atoms with Gasteiger partial charge in [0.05, 0.1) is 19.3 Å². The second-order valence-corrected chi connectivity index (χ2v) is 5.52. The summed E-state index contributed by atoms with van der Waals surface area (Å²) in [6.07, 6.45) is 0.685. The lowest BCUT2D eigenvalue weighted by molar-refractivity contribution is 0.0581. The van der Waals surface area contributed by atoms with Gasteiger partial charge in [-0.15, -0.1) is 0 Å². The monoisotopic (exact) mass is 293 g/mol. The Morgan fingerprint density at radius 2 is 2.10 bits per heavy atom. The second kappa shape index (κ2) is 5.81. The van der Waals surface area contributed by atoms with Crippen LogP contribution in [0.25, 0.3) is 11.4 Å². The molecule has 1 N–H and O–H groups in total. The topological polar surface area (TPSA) is 60.2 Å². The zero-order valence-corrected chi connectivity index (χ0v) is 12.7. The van der Waals surface area contributed by atoms with E-state index in [0.717, 1.165) is 0 Å². The zero-order valence-electron chi connectivity index (χ0n) is 12.7. The van der Waals surface area contributed by atoms with Crippen LogP contribution < -0.4 is 4.74 Å². The van der Waals surface area contributed by atoms with Crippen molar-refractivity contribution in [3.8, 4) is 17.1 Å². The molecule has 0 aliphatic rings. The van der Waals surface area contributed by atoms with Gasteiger partial charge in [0, 0.05) is 12.0 Å². The quantitative estimate of drug-likeness (QED) is 0.919. The van der Waals surface area contributed by atoms with Crippen LogP contribution in [0.15, 0.2) is 18.2 Å². The summed E-state index contributed by atoms with van der Waals surface area (Å²) in [6, 6.07) is 4.55. The van der Waals surface area contributed by atoms with Crippen LogP contribution in [-0.2, 0) is 13.0 Å². The molecule has 2 rings (SSSR count). The Kier molecular flexibility index (Phi) is 4.27. The van der Waals surface area contributed by atoms with Crippen LogP contribution >= 0.6 is 0 Å². The van der Waals surface area contributed by atoms with Gasteiger partial charge < -0.3 is 9.84 Å². The Balaban J connectivity index is 2.49. The highest BCUT2D eigenvalue weighted by molar-refractivity contribution is 5.58. The van der Waals surface area contributed by atoms with Gasteiger partial charge in [-0.2, -0.15) is 5.10 Å². The molecule has 6 heteroatoms. The van der Waals surface area contributed by atoms with Crippen LogP contribution in [0.4, 0.5) is 4.39 Å². The number of nitrogens with zero attached hydrogens (tertiary/aromatic N) is 3. The average Bonchev–Trinajstić information content (AvgIpc) is 2.80. The summed E-state index contributed by atoms with van der Waals surface area (Å²) in [5.74, 6) is 0.999. The molecule has 0 aliphatic carbocycles. The molecule has 5 nitrogen and oxygen atoms in total. The average molecular weight is 293 g/mol. The molecule has 114 valence electrons. The normalized spacial score (nSPS) is 11.7. The minimum atomic E-state index is -0.919. The molecule has 0 amide bonds. The first kappa shape index (κ1) is 15.4. The Bertz CT molecular complexity index is 632. The van der Waals surface area contributed by atoms with Crippen molar-refractivity contribution in [3.63, 3.8) is 0 Å². The fraction of sp³-hybridized carbons (Fsp3) is 0.467. The summed E-state index contributed by atoms with van der Waals surface area (Å²) >= 11 is 0. The first-order chi connectivity index (χ1) is 9.84. The fourth-order valence-electron chi connectivity index (χ4n) is 2.03. The standard InChI is InChI=1S/C15H20FN3O2/c1-5-13-17-14(19(18-13)9-15(2,3)20)10-6-7-11(16)12(8-10)21-4/h6-8,20H,5,9H2,1-4H3. The van der Waals surface area contributed by atoms with Crippen LogP contribution in [0.3, 0.4) is 0 Å². The van der Waals surface area contributed by atoms with Crippen molar-refractivity contribution in [2.75, 3.05) is 7.11 Å². The molecule has 21 heavy (non-hydrogen) atoms. The smallest absolute Gasteiger partial charge is 0.165 e. The number of benzene rings is 1. The molecule has 0 saturated heterocycles. The molecule has 0 spiro atoms. The molecule has 0 saturated carbocycles. The van der Waals surface area contributed by atoms with Crippen LogP contribution in [0.2, 0.25) is 0 Å². The third kappa shape index (κ3) is 3.58. The first-order valence-electron chi connectivity index (χ1n) is 6.84. The zero-order chi connectivity index (χ0) is 15.6. The van der Waals surface area contributed by atoms with Gasteiger partial charge in [0.25, 0.3) is 0 Å². The summed E-state index contributed by atoms with van der Waals surface area (Å²) in [6.45, 7) is 5.67. The lowest BCUT2D eigenvalue weighted by atomic mass is 10.1. The first-order valence-corrected chi connectivity index (χ1v) is 6.84. The van der Waals surface area contributed by atoms with E-state index < -0.39 is 11.4 Å². The third-order valence-corrected chi connectivity index (χ3v) is 2.98. The number of ether oxygens (including phenoxy) is 1. The fourth-order valence-corrected chi connectivity index (χ4v) is 2.03. The number of aliphatic hydroxyl groups is 1. The maximum absolute atomic E-state index is 13.5. The summed E-state index contributed by atoms with van der Waals surface area (Å²) in [5.41, 5.74) is -0.220. The maximum Gasteiger partial charge on any atom is 0.165 e. The van der Waals surface area contributed by atoms with Gasteiger partial charge in [-0.3, -0.25) is 0 Å². The van der Waals surface area contributed by atoms with Crippen molar-refractivity contribution in [1.82, 2.24) is 14.8 Å². The van der Waals surface area contributed by atoms with E-state index in [-0.39, 0.29) is 5.75 Å². The number of hydrogen-bond donors (Lipinski definition) is 1. The van der Waals surface area contributed by atoms with Crippen molar-refractivity contribution in [2.45, 2.75) is 39.3 Å². The molecule has 1 heterocycles. The molecule has 0 fully saturated rings. The van der Waals surface area contributed by atoms with E-state index in [1.807, 2.05) is 6.92 Å². The van der Waals surface area contributed by atoms with Gasteiger partial charge in [0.2, 0.25) is 0 Å². The van der Waals surface area contributed by atoms with Crippen molar-refractivity contribution >= 4 is 0 Å². The summed E-state index contributed by atoms with van der Waals surface area (Å²) < 4.78 is 20.2. The number of methoxy groups -OCH3 is 1. The minimum absolute atomic E-state index is 0.156. The van der Waals surface area contributed by atoms with E-state index in [4.69, 9.17) is 4.74 Å². The number of aromatic nitrogens is 3. The lowest BCUT2D eigenvalue weighted by Gasteiger charge is -2.18. The van der Waals surface area contributed by atoms with E-state index in [1.54, 1.807) is 30.7 Å². The molecule has 0 bridgehead atoms. The van der Waals surface area contributed by atoms with Gasteiger partial charge in [0.1, 0.15) is 0 Å². The minimum Gasteiger partial charge on any atom is -0.494 e. The van der Waals surface area contributed by atoms with Gasteiger partial charge in [0.15, 0.2) is 23.2 Å². The van der Waals surface area contributed by atoms with Gasteiger partial charge in [-0.25, -0.2) is 14.1 Å². The molecule has 1 aromatic heterocycles. The summed E-state index contributed by atoms with van der Waals surface area (Å²) in [7, 11) is 1.42. The summed E-state index contributed by atoms with van der Waals surface area (Å²) in [5, 5.41) is 14.4. The predicted octanol–water partition coefficient (Wildman–Crippen LogP) is 2.43. The molecule has 1 aromatic carbocycles. The molecular formula is C15H20FN3O2. The third-order valence-electron chi connectivity index (χ3n) is 2.98. The van der Waals surface area contributed by atoms with Crippen molar-refractivity contribution in [1.29, 1.82) is 0 Å². The van der Waals surface area contributed by atoms with E-state index >= 15 is 0 Å². The predicted molar refractivity (Wildman–Crippen MR) is 77.6 cm³/mol. The Labute approximate surface area is 123 Å². The van der Waals surface area contributed by atoms with Crippen molar-refractivity contribution in [3.05, 3.63) is 29.8 Å². The van der Waals surface area contributed by atoms with Crippen LogP contribution in [-0.4, -0.2) is 32.6 Å². The summed E-state index contributed by atoms with van der Waals surface area (Å²) in [4.78, 5) is 4.45. The van der Waals surface area contributed by atoms with Gasteiger partial charge in [-0.05, 0) is 32.0 Å². The highest BCUT2D eigenvalue weighted by Gasteiger charge is 2.20. The highest BCUT2D eigenvalue weighted by atomic mass is 19.1. The Morgan fingerprint density at radius 3 is 2.67 bits per heavy atom. The second-order valence-electron chi connectivity index (χ2n) is 5.52. The molecular weight excluding hydrogens is 273 g/mol. The molecule has 0 unspecified atom stereocenters. The maximum atomic E-state index is 13.5. The van der Waals surface area contributed by atoms with E-state index in [1.165, 1.54) is 13.2 Å². The van der Waals surface area contributed by atoms with Gasteiger partial charge in [-0.1, -0.05) is 6.92 Å². The highest BCUT2D eigenvalue weighted by Crippen LogP contribution is 2.26. The number of aryl methyl sites for hydroxylation is 1. The van der Waals surface area contributed by atoms with E-state index in [9.17, 15) is 9.50 Å². The SMILES string of the molecule is CCc1nc(-c2ccc(F)c(OC)c2)n(CC(C)(C)O)n1. The van der Waals surface area contributed by atoms with Crippen molar-refractivity contribution in [2.24, 2.45) is 0 Å². The van der Waals surface area contributed by atoms with E-state index in [0.29, 0.717) is 30.2 Å². The van der Waals surface area contributed by atoms with Crippen LogP contribution in [0.1, 0.15) is 26.6 Å². The number of halogens is 1. The van der Waals surface area contributed by atoms with Crippen molar-refractivity contribution < 1.29 is 14.2 Å². The molecule has 0 aliphatic heterocycles. The van der Waals surface area contributed by atoms with Crippen LogP contribution in [0.5, 0.6) is 5.75 Å². The molecule has 2 aromatic rings. The number of hydrogen-bond acceptors (Lipinski definition) is 4. The van der Waals surface area contributed by atoms with E-state index in [2.05, 4.69) is 10.1 Å². The number of rotatable bonds is 5. The molecule has 0 atom stereocenters. The lowest BCUT2D eigenvalue weighted by Crippen LogP contribution is -2.27. The van der Waals surface area contributed by atoms with Crippen LogP contribution in [0, 0.1) is 5.82 Å². The largest absolute Gasteiger partial charge is 0.494 e. The molecule has 0 radical (unpaired) electrons. The van der Waals surface area contributed by atoms with Gasteiger partial charge >= 0.3 is 0 Å².